The molecule has 2 N–H and O–H groups in total. The Balaban J connectivity index is 0.000000980. The third kappa shape index (κ3) is 2.62. The molecule has 0 amide bonds. The summed E-state index contributed by atoms with van der Waals surface area (Å²) in [6, 6.07) is 3.82. The number of hydrogen-bond acceptors (Lipinski definition) is 3. The van der Waals surface area contributed by atoms with Crippen LogP contribution in [-0.4, -0.2) is 11.5 Å². The molecular formula is C10H14Cl2N2O. The lowest BCUT2D eigenvalue weighted by Crippen LogP contribution is -2.09. The topological polar surface area (TPSA) is 52.0 Å². The first-order valence-corrected chi connectivity index (χ1v) is 4.35. The number of hydrogen-bond donors (Lipinski definition) is 1. The van der Waals surface area contributed by atoms with E-state index in [9.17, 15) is 0 Å². The molecule has 2 heterocycles. The smallest absolute Gasteiger partial charge is 0.155 e. The summed E-state index contributed by atoms with van der Waals surface area (Å²) in [5.41, 5.74) is 8.50. The van der Waals surface area contributed by atoms with Gasteiger partial charge < -0.3 is 10.2 Å². The maximum absolute atomic E-state index is 5.60. The third-order valence-corrected chi connectivity index (χ3v) is 2.26. The van der Waals surface area contributed by atoms with Gasteiger partial charge in [0.1, 0.15) is 5.52 Å². The van der Waals surface area contributed by atoms with Crippen LogP contribution in [0.5, 0.6) is 0 Å². The monoisotopic (exact) mass is 248 g/mol. The highest BCUT2D eigenvalue weighted by Gasteiger charge is 2.10. The summed E-state index contributed by atoms with van der Waals surface area (Å²) in [7, 11) is 0. The van der Waals surface area contributed by atoms with Gasteiger partial charge in [0, 0.05) is 17.8 Å². The van der Waals surface area contributed by atoms with Crippen molar-refractivity contribution < 1.29 is 4.42 Å². The van der Waals surface area contributed by atoms with Gasteiger partial charge in [-0.25, -0.2) is 0 Å². The first-order chi connectivity index (χ1) is 6.33. The number of nitrogens with two attached hydrogens (primary N) is 1. The molecule has 2 aromatic heterocycles. The zero-order chi connectivity index (χ0) is 9.26. The van der Waals surface area contributed by atoms with E-state index in [1.165, 1.54) is 0 Å². The number of nitrogens with zero attached hydrogens (tertiary/aromatic N) is 1. The maximum atomic E-state index is 5.60. The molecule has 0 aliphatic carbocycles. The van der Waals surface area contributed by atoms with Gasteiger partial charge in [-0.2, -0.15) is 0 Å². The molecule has 3 nitrogen and oxygen atoms in total. The van der Waals surface area contributed by atoms with Gasteiger partial charge in [-0.3, -0.25) is 4.98 Å². The van der Waals surface area contributed by atoms with Crippen molar-refractivity contribution in [3.05, 3.63) is 30.2 Å². The molecule has 0 aromatic carbocycles. The second kappa shape index (κ2) is 5.95. The molecule has 2 rings (SSSR count). The minimum Gasteiger partial charge on any atom is -0.462 e. The summed E-state index contributed by atoms with van der Waals surface area (Å²) >= 11 is 0. The molecule has 0 radical (unpaired) electrons. The van der Waals surface area contributed by atoms with Crippen LogP contribution in [-0.2, 0) is 0 Å². The highest BCUT2D eigenvalue weighted by atomic mass is 35.5. The third-order valence-electron chi connectivity index (χ3n) is 2.26. The molecule has 0 bridgehead atoms. The van der Waals surface area contributed by atoms with Crippen molar-refractivity contribution in [3.8, 4) is 0 Å². The Morgan fingerprint density at radius 3 is 2.80 bits per heavy atom. The zero-order valence-corrected chi connectivity index (χ0v) is 9.98. The number of rotatable bonds is 2. The van der Waals surface area contributed by atoms with Crippen LogP contribution in [0.1, 0.15) is 18.4 Å². The van der Waals surface area contributed by atoms with Crippen molar-refractivity contribution in [2.45, 2.75) is 12.8 Å². The average molecular weight is 249 g/mol. The Kier molecular flexibility index (Phi) is 5.65. The summed E-state index contributed by atoms with van der Waals surface area (Å²) in [6.07, 6.45) is 3.45. The Labute approximate surface area is 101 Å². The van der Waals surface area contributed by atoms with Crippen LogP contribution in [0.15, 0.2) is 29.0 Å². The quantitative estimate of drug-likeness (QED) is 0.890. The van der Waals surface area contributed by atoms with Crippen LogP contribution >= 0.6 is 24.8 Å². The second-order valence-electron chi connectivity index (χ2n) is 3.17. The van der Waals surface area contributed by atoms with Crippen molar-refractivity contribution in [1.29, 1.82) is 0 Å². The van der Waals surface area contributed by atoms with Crippen molar-refractivity contribution in [2.24, 2.45) is 5.73 Å². The number of fused-ring (bicyclic) bond motifs is 1. The van der Waals surface area contributed by atoms with E-state index < -0.39 is 0 Å². The Hall–Kier alpha value is -0.770. The van der Waals surface area contributed by atoms with Crippen molar-refractivity contribution in [2.75, 3.05) is 6.54 Å². The fourth-order valence-corrected chi connectivity index (χ4v) is 1.41. The van der Waals surface area contributed by atoms with Gasteiger partial charge in [0.2, 0.25) is 0 Å². The first kappa shape index (κ1) is 14.2. The van der Waals surface area contributed by atoms with E-state index in [1.807, 2.05) is 12.1 Å². The van der Waals surface area contributed by atoms with E-state index in [-0.39, 0.29) is 24.8 Å². The molecule has 0 saturated carbocycles. The number of aromatic nitrogens is 1. The van der Waals surface area contributed by atoms with Gasteiger partial charge >= 0.3 is 0 Å². The molecule has 1 atom stereocenters. The second-order valence-corrected chi connectivity index (χ2v) is 3.17. The van der Waals surface area contributed by atoms with Crippen LogP contribution in [0.4, 0.5) is 0 Å². The highest BCUT2D eigenvalue weighted by molar-refractivity contribution is 5.85. The summed E-state index contributed by atoms with van der Waals surface area (Å²) < 4.78 is 5.35. The fourth-order valence-electron chi connectivity index (χ4n) is 1.41. The van der Waals surface area contributed by atoms with Gasteiger partial charge in [0.25, 0.3) is 0 Å². The molecule has 2 aromatic rings. The van der Waals surface area contributed by atoms with Gasteiger partial charge in [0.15, 0.2) is 5.58 Å². The standard InChI is InChI=1S/C10H12N2O.2ClH/c1-7(6-11)8-2-4-12-9-3-5-13-10(8)9;;/h2-5,7H,6,11H2,1H3;2*1H. The Bertz CT molecular complexity index is 416. The minimum absolute atomic E-state index is 0. The van der Waals surface area contributed by atoms with Gasteiger partial charge in [-0.15, -0.1) is 24.8 Å². The lowest BCUT2D eigenvalue weighted by atomic mass is 10.0. The predicted molar refractivity (Wildman–Crippen MR) is 66.0 cm³/mol. The number of pyridine rings is 1. The first-order valence-electron chi connectivity index (χ1n) is 4.35. The lowest BCUT2D eigenvalue weighted by Gasteiger charge is -2.07. The SMILES string of the molecule is CC(CN)c1ccnc2ccoc12.Cl.Cl. The molecule has 0 aliphatic rings. The molecule has 15 heavy (non-hydrogen) atoms. The molecule has 5 heteroatoms. The van der Waals surface area contributed by atoms with Crippen molar-refractivity contribution >= 4 is 35.9 Å². The molecule has 1 unspecified atom stereocenters. The molecule has 0 aliphatic heterocycles. The summed E-state index contributed by atoms with van der Waals surface area (Å²) in [5, 5.41) is 0. The van der Waals surface area contributed by atoms with Crippen molar-refractivity contribution in [3.63, 3.8) is 0 Å². The van der Waals surface area contributed by atoms with E-state index in [0.717, 1.165) is 16.7 Å². The summed E-state index contributed by atoms with van der Waals surface area (Å²) in [4.78, 5) is 4.18. The lowest BCUT2D eigenvalue weighted by molar-refractivity contribution is 0.604. The van der Waals surface area contributed by atoms with Crippen LogP contribution in [0.25, 0.3) is 11.1 Å². The normalized spacial score (nSPS) is 11.6. The van der Waals surface area contributed by atoms with E-state index in [1.54, 1.807) is 12.5 Å². The molecule has 0 spiro atoms. The largest absolute Gasteiger partial charge is 0.462 e. The molecule has 0 fully saturated rings. The predicted octanol–water partition coefficient (Wildman–Crippen LogP) is 2.73. The van der Waals surface area contributed by atoms with Crippen LogP contribution in [0.3, 0.4) is 0 Å². The van der Waals surface area contributed by atoms with Crippen LogP contribution < -0.4 is 5.73 Å². The van der Waals surface area contributed by atoms with Crippen LogP contribution in [0, 0.1) is 0 Å². The van der Waals surface area contributed by atoms with Crippen molar-refractivity contribution in [1.82, 2.24) is 4.98 Å². The van der Waals surface area contributed by atoms with Crippen LogP contribution in [0.2, 0.25) is 0 Å². The summed E-state index contributed by atoms with van der Waals surface area (Å²) in [5.74, 6) is 0.316. The Morgan fingerprint density at radius 2 is 2.13 bits per heavy atom. The fraction of sp³-hybridized carbons (Fsp3) is 0.300. The summed E-state index contributed by atoms with van der Waals surface area (Å²) in [6.45, 7) is 2.71. The Morgan fingerprint density at radius 1 is 1.40 bits per heavy atom. The molecule has 84 valence electrons. The molecular weight excluding hydrogens is 235 g/mol. The van der Waals surface area contributed by atoms with E-state index in [0.29, 0.717) is 12.5 Å². The van der Waals surface area contributed by atoms with Gasteiger partial charge in [0.05, 0.1) is 6.26 Å². The highest BCUT2D eigenvalue weighted by Crippen LogP contribution is 2.23. The zero-order valence-electron chi connectivity index (χ0n) is 8.34. The van der Waals surface area contributed by atoms with Gasteiger partial charge in [-0.1, -0.05) is 6.92 Å². The number of furan rings is 1. The maximum Gasteiger partial charge on any atom is 0.155 e. The van der Waals surface area contributed by atoms with Gasteiger partial charge in [-0.05, 0) is 18.5 Å². The average Bonchev–Trinajstić information content (AvgIpc) is 2.63. The molecule has 0 saturated heterocycles. The van der Waals surface area contributed by atoms with E-state index >= 15 is 0 Å². The minimum atomic E-state index is 0. The van der Waals surface area contributed by atoms with E-state index in [4.69, 9.17) is 10.2 Å². The number of halogens is 2. The van der Waals surface area contributed by atoms with E-state index in [2.05, 4.69) is 11.9 Å².